The second kappa shape index (κ2) is 24.5. The predicted molar refractivity (Wildman–Crippen MR) is 136 cm³/mol. The van der Waals surface area contributed by atoms with Crippen LogP contribution in [0.3, 0.4) is 0 Å². The van der Waals surface area contributed by atoms with Gasteiger partial charge in [-0.15, -0.1) is 24.8 Å². The summed E-state index contributed by atoms with van der Waals surface area (Å²) < 4.78 is 10.1. The quantitative estimate of drug-likeness (QED) is 0.195. The zero-order valence-corrected chi connectivity index (χ0v) is 26.8. The van der Waals surface area contributed by atoms with E-state index < -0.39 is 23.4 Å². The van der Waals surface area contributed by atoms with Crippen LogP contribution in [0.25, 0.3) is 0 Å². The van der Waals surface area contributed by atoms with Gasteiger partial charge in [-0.05, 0) is 41.5 Å². The van der Waals surface area contributed by atoms with Crippen molar-refractivity contribution < 1.29 is 84.5 Å². The minimum Gasteiger partial charge on any atom is -0.444 e. The number of unbranched alkanes of at least 4 members (excludes halogenated alkanes) is 1. The van der Waals surface area contributed by atoms with Crippen molar-refractivity contribution in [3.63, 3.8) is 0 Å². The van der Waals surface area contributed by atoms with E-state index in [0.29, 0.717) is 6.32 Å². The van der Waals surface area contributed by atoms with E-state index in [1.807, 2.05) is 54.0 Å². The number of allylic oxidation sites excluding steroid dienone is 3. The van der Waals surface area contributed by atoms with Crippen molar-refractivity contribution in [2.45, 2.75) is 85.0 Å². The number of amides is 2. The Labute approximate surface area is 261 Å². The third-order valence-corrected chi connectivity index (χ3v) is 2.81. The molecule has 0 aromatic rings. The molecule has 6 nitrogen and oxygen atoms in total. The van der Waals surface area contributed by atoms with Crippen LogP contribution in [0.15, 0.2) is 37.0 Å². The third-order valence-electron chi connectivity index (χ3n) is 2.81. The van der Waals surface area contributed by atoms with Gasteiger partial charge in [-0.3, -0.25) is 0 Å². The standard InChI is InChI=1S/C12H20BNO2.C12H19NO2.CH4.2Y/c1-10(8-6-5-7-9-13)14-11(15)16-12(2,3)4;1-6-7-8-9-10(2)13-11(14)15-12(3,4)5;;;/h5-6,8,10H,1,7,9H2,2-4H3,(H,14,15);6-10H,1-2H2,3-5H3,(H,13,14);1H4;;/q2*-2;;;/t2*10-;;;/m00.../s1. The number of hydrogen-bond donors (Lipinski definition) is 2. The normalized spacial score (nSPS) is 12.2. The molecule has 0 aliphatic heterocycles. The van der Waals surface area contributed by atoms with Crippen molar-refractivity contribution in [2.24, 2.45) is 0 Å². The Bertz CT molecular complexity index is 586. The molecule has 190 valence electrons. The number of carbonyl (C=O) groups is 2. The predicted octanol–water partition coefficient (Wildman–Crippen LogP) is 5.74. The van der Waals surface area contributed by atoms with Gasteiger partial charge >= 0.3 is 12.2 Å². The molecule has 2 N–H and O–H groups in total. The van der Waals surface area contributed by atoms with E-state index in [0.717, 1.165) is 6.42 Å². The Hall–Kier alpha value is -0.227. The first-order chi connectivity index (χ1) is 14.2. The van der Waals surface area contributed by atoms with Crippen LogP contribution in [0.1, 0.15) is 55.4 Å². The van der Waals surface area contributed by atoms with E-state index >= 15 is 0 Å². The first kappa shape index (κ1) is 43.8. The SMILES string of the molecule is C.C=C[CH-]C=C[C@H]([CH2-])NC(=O)OC(C)(C)C.[B]CC[CH-]C=C[C@H]([CH2-])NC(=O)OC(C)(C)C.[Y].[Y]. The average molecular weight is 624 g/mol. The van der Waals surface area contributed by atoms with Crippen LogP contribution in [-0.2, 0) is 74.9 Å². The summed E-state index contributed by atoms with van der Waals surface area (Å²) in [7, 11) is 5.33. The first-order valence-electron chi connectivity index (χ1n) is 10.2. The summed E-state index contributed by atoms with van der Waals surface area (Å²) in [5.41, 5.74) is -0.972. The Morgan fingerprint density at radius 3 is 1.65 bits per heavy atom. The number of hydrogen-bond acceptors (Lipinski definition) is 4. The minimum atomic E-state index is -0.487. The number of carbonyl (C=O) groups excluding carboxylic acids is 2. The van der Waals surface area contributed by atoms with Crippen LogP contribution in [0.5, 0.6) is 0 Å². The van der Waals surface area contributed by atoms with Gasteiger partial charge in [-0.25, -0.2) is 28.2 Å². The molecule has 0 unspecified atom stereocenters. The Morgan fingerprint density at radius 1 is 0.941 bits per heavy atom. The molecule has 0 heterocycles. The summed E-state index contributed by atoms with van der Waals surface area (Å²) in [4.78, 5) is 22.6. The largest absolute Gasteiger partial charge is 0.444 e. The summed E-state index contributed by atoms with van der Waals surface area (Å²) in [6.07, 6.45) is 13.0. The van der Waals surface area contributed by atoms with Gasteiger partial charge in [0.2, 0.25) is 0 Å². The molecule has 0 rings (SSSR count). The average Bonchev–Trinajstić information content (AvgIpc) is 2.56. The van der Waals surface area contributed by atoms with Crippen LogP contribution in [-0.4, -0.2) is 43.3 Å². The molecule has 0 aliphatic carbocycles. The van der Waals surface area contributed by atoms with Crippen molar-refractivity contribution in [2.75, 3.05) is 0 Å². The third kappa shape index (κ3) is 36.3. The van der Waals surface area contributed by atoms with Gasteiger partial charge in [0.05, 0.1) is 7.85 Å². The van der Waals surface area contributed by atoms with Crippen LogP contribution in [0, 0.1) is 26.7 Å². The number of nitrogens with one attached hydrogen (secondary N) is 2. The Balaban J connectivity index is -0.000000152. The molecule has 2 atom stereocenters. The van der Waals surface area contributed by atoms with Gasteiger partial charge in [-0.1, -0.05) is 7.43 Å². The fourth-order valence-corrected chi connectivity index (χ4v) is 1.70. The summed E-state index contributed by atoms with van der Waals surface area (Å²) in [6, 6.07) is -0.611. The zero-order valence-electron chi connectivity index (χ0n) is 21.1. The number of rotatable bonds is 9. The van der Waals surface area contributed by atoms with E-state index in [1.54, 1.807) is 30.7 Å². The van der Waals surface area contributed by atoms with Crippen LogP contribution >= 0.6 is 0 Å². The molecule has 9 heteroatoms. The maximum absolute atomic E-state index is 11.3. The molecular weight excluding hydrogens is 581 g/mol. The fraction of sp³-hybridized carbons (Fsp3) is 0.520. The summed E-state index contributed by atoms with van der Waals surface area (Å²) in [5.74, 6) is 0. The maximum atomic E-state index is 11.3. The van der Waals surface area contributed by atoms with Gasteiger partial charge in [0.1, 0.15) is 11.2 Å². The molecule has 0 saturated carbocycles. The molecule has 0 aliphatic rings. The van der Waals surface area contributed by atoms with Crippen molar-refractivity contribution in [1.29, 1.82) is 0 Å². The zero-order chi connectivity index (χ0) is 24.5. The molecule has 0 fully saturated rings. The molecule has 0 aromatic heterocycles. The van der Waals surface area contributed by atoms with Crippen LogP contribution < -0.4 is 10.6 Å². The van der Waals surface area contributed by atoms with Crippen LogP contribution in [0.2, 0.25) is 6.32 Å². The second-order valence-electron chi connectivity index (χ2n) is 8.52. The summed E-state index contributed by atoms with van der Waals surface area (Å²) in [5, 5.41) is 5.18. The van der Waals surface area contributed by atoms with Gasteiger partial charge in [0.25, 0.3) is 0 Å². The molecular formula is C25H43BN2O4Y2-4. The van der Waals surface area contributed by atoms with Crippen molar-refractivity contribution in [1.82, 2.24) is 10.6 Å². The summed E-state index contributed by atoms with van der Waals surface area (Å²) >= 11 is 0. The van der Waals surface area contributed by atoms with Gasteiger partial charge in [0.15, 0.2) is 0 Å². The monoisotopic (exact) mass is 624 g/mol. The smallest absolute Gasteiger partial charge is 0.404 e. The second-order valence-corrected chi connectivity index (χ2v) is 8.52. The first-order valence-corrected chi connectivity index (χ1v) is 10.2. The molecule has 0 bridgehead atoms. The van der Waals surface area contributed by atoms with Crippen molar-refractivity contribution in [3.8, 4) is 0 Å². The van der Waals surface area contributed by atoms with E-state index in [4.69, 9.17) is 17.3 Å². The molecule has 4 radical (unpaired) electrons. The molecule has 2 amide bonds. The topological polar surface area (TPSA) is 76.7 Å². The van der Waals surface area contributed by atoms with Crippen molar-refractivity contribution >= 4 is 20.0 Å². The summed E-state index contributed by atoms with van der Waals surface area (Å²) in [6.45, 7) is 21.9. The van der Waals surface area contributed by atoms with Gasteiger partial charge < -0.3 is 34.0 Å². The molecule has 0 spiro atoms. The molecule has 0 aromatic carbocycles. The van der Waals surface area contributed by atoms with Gasteiger partial charge in [0, 0.05) is 65.4 Å². The maximum Gasteiger partial charge on any atom is 0.404 e. The van der Waals surface area contributed by atoms with E-state index in [2.05, 4.69) is 31.1 Å². The Kier molecular flexibility index (Phi) is 31.5. The minimum absolute atomic E-state index is 0. The number of alkyl carbamates (subject to hydrolysis) is 2. The molecule has 34 heavy (non-hydrogen) atoms. The molecule has 0 saturated heterocycles. The fourth-order valence-electron chi connectivity index (χ4n) is 1.70. The van der Waals surface area contributed by atoms with E-state index in [-0.39, 0.29) is 84.9 Å². The van der Waals surface area contributed by atoms with E-state index in [1.165, 1.54) is 0 Å². The Morgan fingerprint density at radius 2 is 1.32 bits per heavy atom. The van der Waals surface area contributed by atoms with Crippen molar-refractivity contribution in [3.05, 3.63) is 63.6 Å². The van der Waals surface area contributed by atoms with E-state index in [9.17, 15) is 9.59 Å². The van der Waals surface area contributed by atoms with Crippen LogP contribution in [0.4, 0.5) is 9.59 Å². The number of ether oxygens (including phenoxy) is 2. The van der Waals surface area contributed by atoms with Gasteiger partial charge in [-0.2, -0.15) is 31.2 Å².